The Bertz CT molecular complexity index is 1110. The van der Waals surface area contributed by atoms with Crippen molar-refractivity contribution in [2.75, 3.05) is 0 Å². The lowest BCUT2D eigenvalue weighted by Crippen LogP contribution is -2.10. The molecule has 0 unspecified atom stereocenters. The first-order valence-electron chi connectivity index (χ1n) is 10.0. The van der Waals surface area contributed by atoms with E-state index in [0.717, 1.165) is 33.5 Å². The number of furan rings is 1. The fourth-order valence-corrected chi connectivity index (χ4v) is 4.47. The van der Waals surface area contributed by atoms with E-state index in [1.807, 2.05) is 12.3 Å². The lowest BCUT2D eigenvalue weighted by molar-refractivity contribution is 0.356. The zero-order chi connectivity index (χ0) is 18.2. The van der Waals surface area contributed by atoms with E-state index in [2.05, 4.69) is 42.2 Å². The number of para-hydroxylation sites is 1. The molecule has 1 fully saturated rings. The third-order valence-corrected chi connectivity index (χ3v) is 6.00. The van der Waals surface area contributed by atoms with Crippen LogP contribution in [0.3, 0.4) is 0 Å². The Labute approximate surface area is 159 Å². The Hall–Kier alpha value is -2.68. The van der Waals surface area contributed by atoms with Crippen LogP contribution in [0.4, 0.5) is 0 Å². The second kappa shape index (κ2) is 6.80. The zero-order valence-electron chi connectivity index (χ0n) is 15.7. The van der Waals surface area contributed by atoms with Crippen LogP contribution in [0.25, 0.3) is 33.3 Å². The van der Waals surface area contributed by atoms with Crippen molar-refractivity contribution in [2.45, 2.75) is 45.4 Å². The molecule has 136 valence electrons. The average Bonchev–Trinajstić information content (AvgIpc) is 3.09. The molecule has 1 aromatic carbocycles. The van der Waals surface area contributed by atoms with Gasteiger partial charge in [-0.2, -0.15) is 0 Å². The van der Waals surface area contributed by atoms with E-state index in [9.17, 15) is 0 Å². The van der Waals surface area contributed by atoms with Crippen molar-refractivity contribution in [3.8, 4) is 11.3 Å². The first kappa shape index (κ1) is 16.5. The van der Waals surface area contributed by atoms with E-state index in [1.54, 1.807) is 6.20 Å². The maximum atomic E-state index is 6.11. The minimum Gasteiger partial charge on any atom is -0.437 e. The minimum atomic E-state index is 0.689. The van der Waals surface area contributed by atoms with Gasteiger partial charge in [0.25, 0.3) is 0 Å². The highest BCUT2D eigenvalue weighted by Crippen LogP contribution is 2.35. The van der Waals surface area contributed by atoms with Gasteiger partial charge >= 0.3 is 0 Å². The first-order chi connectivity index (χ1) is 13.3. The number of rotatable bonds is 3. The van der Waals surface area contributed by atoms with E-state index >= 15 is 0 Å². The fraction of sp³-hybridized carbons (Fsp3) is 0.333. The van der Waals surface area contributed by atoms with Crippen molar-refractivity contribution in [2.24, 2.45) is 5.92 Å². The van der Waals surface area contributed by atoms with E-state index in [0.29, 0.717) is 5.71 Å². The number of nitrogens with zero attached hydrogens (tertiary/aromatic N) is 2. The van der Waals surface area contributed by atoms with Gasteiger partial charge in [-0.05, 0) is 54.7 Å². The van der Waals surface area contributed by atoms with E-state index in [1.165, 1.54) is 49.7 Å². The molecule has 3 heteroatoms. The second-order valence-corrected chi connectivity index (χ2v) is 7.84. The van der Waals surface area contributed by atoms with Crippen LogP contribution in [0, 0.1) is 12.8 Å². The van der Waals surface area contributed by atoms with Crippen molar-refractivity contribution in [3.05, 3.63) is 59.9 Å². The molecule has 0 radical (unpaired) electrons. The normalized spacial score (nSPS) is 15.6. The molecule has 0 amide bonds. The second-order valence-electron chi connectivity index (χ2n) is 7.84. The summed E-state index contributed by atoms with van der Waals surface area (Å²) in [5.41, 5.74) is 6.34. The van der Waals surface area contributed by atoms with Crippen LogP contribution in [-0.4, -0.2) is 9.97 Å². The first-order valence-corrected chi connectivity index (χ1v) is 10.0. The van der Waals surface area contributed by atoms with Crippen LogP contribution in [0.5, 0.6) is 0 Å². The third-order valence-electron chi connectivity index (χ3n) is 6.00. The monoisotopic (exact) mass is 356 g/mol. The molecule has 0 spiro atoms. The number of aromatic nitrogens is 2. The lowest BCUT2D eigenvalue weighted by atomic mass is 9.84. The van der Waals surface area contributed by atoms with Gasteiger partial charge < -0.3 is 4.42 Å². The van der Waals surface area contributed by atoms with Crippen LogP contribution in [0.2, 0.25) is 0 Å². The SMILES string of the molecule is Cc1cnc(-c2cccc3c2oc2ncccc23)cc1CC1CCCCC1. The number of pyridine rings is 2. The molecule has 27 heavy (non-hydrogen) atoms. The van der Waals surface area contributed by atoms with Crippen molar-refractivity contribution >= 4 is 22.1 Å². The van der Waals surface area contributed by atoms with Gasteiger partial charge in [-0.1, -0.05) is 44.2 Å². The Kier molecular flexibility index (Phi) is 4.16. The molecule has 0 bridgehead atoms. The number of benzene rings is 1. The van der Waals surface area contributed by atoms with Crippen molar-refractivity contribution in [1.29, 1.82) is 0 Å². The molecule has 5 rings (SSSR count). The van der Waals surface area contributed by atoms with Crippen LogP contribution in [0.15, 0.2) is 53.2 Å². The van der Waals surface area contributed by atoms with Crippen LogP contribution in [0.1, 0.15) is 43.2 Å². The molecule has 0 N–H and O–H groups in total. The highest BCUT2D eigenvalue weighted by atomic mass is 16.3. The van der Waals surface area contributed by atoms with E-state index in [-0.39, 0.29) is 0 Å². The molecule has 0 aliphatic heterocycles. The molecular formula is C24H24N2O. The van der Waals surface area contributed by atoms with Crippen molar-refractivity contribution < 1.29 is 4.42 Å². The molecular weight excluding hydrogens is 332 g/mol. The van der Waals surface area contributed by atoms with E-state index in [4.69, 9.17) is 9.40 Å². The summed E-state index contributed by atoms with van der Waals surface area (Å²) in [6.07, 6.45) is 11.9. The number of hydrogen-bond donors (Lipinski definition) is 0. The van der Waals surface area contributed by atoms with Crippen LogP contribution in [-0.2, 0) is 6.42 Å². The topological polar surface area (TPSA) is 38.9 Å². The van der Waals surface area contributed by atoms with Crippen LogP contribution >= 0.6 is 0 Å². The highest BCUT2D eigenvalue weighted by molar-refractivity contribution is 6.08. The largest absolute Gasteiger partial charge is 0.437 e. The summed E-state index contributed by atoms with van der Waals surface area (Å²) in [4.78, 5) is 9.12. The summed E-state index contributed by atoms with van der Waals surface area (Å²) in [6, 6.07) is 12.6. The third kappa shape index (κ3) is 3.01. The summed E-state index contributed by atoms with van der Waals surface area (Å²) < 4.78 is 6.11. The molecule has 0 saturated heterocycles. The summed E-state index contributed by atoms with van der Waals surface area (Å²) in [5, 5.41) is 2.16. The summed E-state index contributed by atoms with van der Waals surface area (Å²) >= 11 is 0. The number of fused-ring (bicyclic) bond motifs is 3. The highest BCUT2D eigenvalue weighted by Gasteiger charge is 2.17. The molecule has 1 saturated carbocycles. The van der Waals surface area contributed by atoms with Gasteiger partial charge in [0.2, 0.25) is 5.71 Å². The maximum Gasteiger partial charge on any atom is 0.227 e. The van der Waals surface area contributed by atoms with Gasteiger partial charge in [0.15, 0.2) is 0 Å². The average molecular weight is 356 g/mol. The van der Waals surface area contributed by atoms with Gasteiger partial charge in [0, 0.05) is 28.7 Å². The molecule has 0 atom stereocenters. The number of aryl methyl sites for hydroxylation is 1. The Morgan fingerprint density at radius 3 is 2.74 bits per heavy atom. The summed E-state index contributed by atoms with van der Waals surface area (Å²) in [5.74, 6) is 0.818. The van der Waals surface area contributed by atoms with Crippen LogP contribution < -0.4 is 0 Å². The van der Waals surface area contributed by atoms with Crippen molar-refractivity contribution in [1.82, 2.24) is 9.97 Å². The van der Waals surface area contributed by atoms with E-state index < -0.39 is 0 Å². The predicted octanol–water partition coefficient (Wildman–Crippen LogP) is 6.47. The molecule has 3 heterocycles. The van der Waals surface area contributed by atoms with Gasteiger partial charge in [0.05, 0.1) is 5.69 Å². The standard InChI is InChI=1S/C24H24N2O/c1-16-15-26-22(14-18(16)13-17-7-3-2-4-8-17)21-10-5-9-19-20-11-6-12-25-24(20)27-23(19)21/h5-6,9-12,14-15,17H,2-4,7-8,13H2,1H3. The smallest absolute Gasteiger partial charge is 0.227 e. The summed E-state index contributed by atoms with van der Waals surface area (Å²) in [6.45, 7) is 2.18. The lowest BCUT2D eigenvalue weighted by Gasteiger charge is -2.22. The molecule has 3 aromatic heterocycles. The molecule has 4 aromatic rings. The summed E-state index contributed by atoms with van der Waals surface area (Å²) in [7, 11) is 0. The molecule has 3 nitrogen and oxygen atoms in total. The van der Waals surface area contributed by atoms with Gasteiger partial charge in [-0.25, -0.2) is 4.98 Å². The molecule has 1 aliphatic carbocycles. The zero-order valence-corrected chi connectivity index (χ0v) is 15.7. The molecule has 1 aliphatic rings. The maximum absolute atomic E-state index is 6.11. The predicted molar refractivity (Wildman–Crippen MR) is 110 cm³/mol. The Morgan fingerprint density at radius 2 is 1.85 bits per heavy atom. The van der Waals surface area contributed by atoms with Gasteiger partial charge in [-0.15, -0.1) is 0 Å². The fourth-order valence-electron chi connectivity index (χ4n) is 4.47. The quantitative estimate of drug-likeness (QED) is 0.422. The Balaban J connectivity index is 1.59. The van der Waals surface area contributed by atoms with Crippen molar-refractivity contribution in [3.63, 3.8) is 0 Å². The van der Waals surface area contributed by atoms with Gasteiger partial charge in [-0.3, -0.25) is 4.98 Å². The van der Waals surface area contributed by atoms with Gasteiger partial charge in [0.1, 0.15) is 5.58 Å². The minimum absolute atomic E-state index is 0.689. The number of hydrogen-bond acceptors (Lipinski definition) is 3. The Morgan fingerprint density at radius 1 is 1.00 bits per heavy atom.